The van der Waals surface area contributed by atoms with Crippen LogP contribution in [0, 0.1) is 0 Å². The highest BCUT2D eigenvalue weighted by Crippen LogP contribution is 2.09. The van der Waals surface area contributed by atoms with Crippen LogP contribution in [0.25, 0.3) is 11.4 Å². The van der Waals surface area contributed by atoms with E-state index < -0.39 is 10.4 Å². The lowest BCUT2D eigenvalue weighted by Gasteiger charge is -2.02. The molecule has 0 bridgehead atoms. The fraction of sp³-hybridized carbons (Fsp3) is 0.100. The molecule has 31 heavy (non-hydrogen) atoms. The van der Waals surface area contributed by atoms with Gasteiger partial charge in [-0.1, -0.05) is 24.3 Å². The second-order valence-corrected chi connectivity index (χ2v) is 6.99. The van der Waals surface area contributed by atoms with Crippen LogP contribution in [0.2, 0.25) is 0 Å². The highest BCUT2D eigenvalue weighted by molar-refractivity contribution is 7.79. The molecule has 0 saturated carbocycles. The molecule has 6 N–H and O–H groups in total. The van der Waals surface area contributed by atoms with Crippen molar-refractivity contribution in [2.45, 2.75) is 13.1 Å². The first-order valence-electron chi connectivity index (χ1n) is 9.08. The van der Waals surface area contributed by atoms with Gasteiger partial charge in [-0.3, -0.25) is 9.11 Å². The van der Waals surface area contributed by atoms with Crippen molar-refractivity contribution < 1.29 is 17.5 Å². The number of nitrogens with zero attached hydrogens (tertiary/aromatic N) is 4. The van der Waals surface area contributed by atoms with E-state index in [9.17, 15) is 0 Å². The van der Waals surface area contributed by atoms with Crippen LogP contribution >= 0.6 is 0 Å². The van der Waals surface area contributed by atoms with Gasteiger partial charge in [-0.25, -0.2) is 9.36 Å². The molecule has 2 aromatic heterocycles. The molecule has 10 nitrogen and oxygen atoms in total. The van der Waals surface area contributed by atoms with Gasteiger partial charge in [-0.2, -0.15) is 18.6 Å². The minimum Gasteiger partial charge on any atom is -0.326 e. The van der Waals surface area contributed by atoms with Crippen LogP contribution < -0.4 is 11.5 Å². The molecule has 0 fully saturated rings. The maximum Gasteiger partial charge on any atom is 0.394 e. The molecule has 4 aromatic rings. The predicted molar refractivity (Wildman–Crippen MR) is 117 cm³/mol. The van der Waals surface area contributed by atoms with E-state index in [-0.39, 0.29) is 0 Å². The number of rotatable bonds is 4. The van der Waals surface area contributed by atoms with Gasteiger partial charge >= 0.3 is 10.4 Å². The molecule has 0 unspecified atom stereocenters. The van der Waals surface area contributed by atoms with Gasteiger partial charge in [-0.05, 0) is 47.5 Å². The number of nitrogens with two attached hydrogens (primary N) is 2. The number of benzene rings is 2. The van der Waals surface area contributed by atoms with Gasteiger partial charge in [0.05, 0.1) is 11.4 Å². The first-order valence-corrected chi connectivity index (χ1v) is 10.5. The van der Waals surface area contributed by atoms with Crippen molar-refractivity contribution in [1.82, 2.24) is 19.6 Å². The summed E-state index contributed by atoms with van der Waals surface area (Å²) in [5, 5.41) is 8.28. The van der Waals surface area contributed by atoms with Gasteiger partial charge < -0.3 is 11.5 Å². The molecule has 11 heteroatoms. The molecule has 0 saturated heterocycles. The molecule has 0 atom stereocenters. The molecular weight excluding hydrogens is 420 g/mol. The summed E-state index contributed by atoms with van der Waals surface area (Å²) < 4.78 is 35.2. The normalized spacial score (nSPS) is 10.5. The molecule has 2 aromatic carbocycles. The van der Waals surface area contributed by atoms with Crippen molar-refractivity contribution in [2.24, 2.45) is 11.5 Å². The van der Waals surface area contributed by atoms with E-state index in [1.54, 1.807) is 12.4 Å². The van der Waals surface area contributed by atoms with Crippen LogP contribution in [0.1, 0.15) is 11.1 Å². The van der Waals surface area contributed by atoms with Crippen LogP contribution in [0.4, 0.5) is 0 Å². The molecule has 0 aliphatic rings. The van der Waals surface area contributed by atoms with E-state index in [2.05, 4.69) is 10.2 Å². The molecule has 164 valence electrons. The van der Waals surface area contributed by atoms with E-state index in [0.29, 0.717) is 13.1 Å². The lowest BCUT2D eigenvalue weighted by atomic mass is 10.2. The molecule has 0 spiro atoms. The van der Waals surface area contributed by atoms with Gasteiger partial charge in [0, 0.05) is 37.9 Å². The summed E-state index contributed by atoms with van der Waals surface area (Å²) in [5.41, 5.74) is 15.4. The van der Waals surface area contributed by atoms with Crippen LogP contribution in [0.5, 0.6) is 0 Å². The fourth-order valence-corrected chi connectivity index (χ4v) is 2.49. The number of aromatic nitrogens is 4. The first-order chi connectivity index (χ1) is 14.8. The summed E-state index contributed by atoms with van der Waals surface area (Å²) in [5.74, 6) is 0. The van der Waals surface area contributed by atoms with E-state index in [4.69, 9.17) is 29.0 Å². The second-order valence-electron chi connectivity index (χ2n) is 6.10. The molecule has 0 aliphatic carbocycles. The average Bonchev–Trinajstić information content (AvgIpc) is 3.47. The molecular formula is C20H24N6O4S. The zero-order chi connectivity index (χ0) is 22.7. The molecule has 0 aliphatic heterocycles. The minimum absolute atomic E-state index is 0.565. The number of hydrogen-bond acceptors (Lipinski definition) is 6. The maximum absolute atomic E-state index is 8.74. The summed E-state index contributed by atoms with van der Waals surface area (Å²) in [6.07, 6.45) is 7.34. The lowest BCUT2D eigenvalue weighted by molar-refractivity contribution is 0.381. The Bertz CT molecular complexity index is 1060. The van der Waals surface area contributed by atoms with Crippen LogP contribution in [-0.4, -0.2) is 37.1 Å². The third-order valence-corrected chi connectivity index (χ3v) is 3.83. The third-order valence-electron chi connectivity index (χ3n) is 3.83. The van der Waals surface area contributed by atoms with Gasteiger partial charge in [-0.15, -0.1) is 0 Å². The van der Waals surface area contributed by atoms with Crippen LogP contribution in [0.15, 0.2) is 85.5 Å². The monoisotopic (exact) mass is 444 g/mol. The minimum atomic E-state index is -4.67. The fourth-order valence-electron chi connectivity index (χ4n) is 2.49. The van der Waals surface area contributed by atoms with Crippen molar-refractivity contribution >= 4 is 10.4 Å². The second kappa shape index (κ2) is 11.7. The Morgan fingerprint density at radius 3 is 1.42 bits per heavy atom. The summed E-state index contributed by atoms with van der Waals surface area (Å²) in [7, 11) is -4.67. The van der Waals surface area contributed by atoms with Gasteiger partial charge in [0.2, 0.25) is 0 Å². The van der Waals surface area contributed by atoms with Crippen LogP contribution in [-0.2, 0) is 23.5 Å². The Kier molecular flexibility index (Phi) is 9.06. The van der Waals surface area contributed by atoms with E-state index in [1.807, 2.05) is 82.4 Å². The van der Waals surface area contributed by atoms with E-state index >= 15 is 0 Å². The molecule has 0 radical (unpaired) electrons. The van der Waals surface area contributed by atoms with Crippen molar-refractivity contribution in [3.05, 3.63) is 96.6 Å². The Morgan fingerprint density at radius 1 is 0.742 bits per heavy atom. The topological polar surface area (TPSA) is 162 Å². The van der Waals surface area contributed by atoms with Gasteiger partial charge in [0.1, 0.15) is 0 Å². The Hall–Kier alpha value is -3.35. The SMILES string of the molecule is NCc1cccc(-n2cccn2)c1.NCc1cccc(-n2cccn2)c1.O=S(=O)(O)O. The van der Waals surface area contributed by atoms with Crippen molar-refractivity contribution in [3.63, 3.8) is 0 Å². The van der Waals surface area contributed by atoms with Crippen molar-refractivity contribution in [3.8, 4) is 11.4 Å². The third kappa shape index (κ3) is 8.90. The smallest absolute Gasteiger partial charge is 0.326 e. The zero-order valence-corrected chi connectivity index (χ0v) is 17.4. The predicted octanol–water partition coefficient (Wildman–Crippen LogP) is 2.01. The Morgan fingerprint density at radius 2 is 1.13 bits per heavy atom. The largest absolute Gasteiger partial charge is 0.394 e. The lowest BCUT2D eigenvalue weighted by Crippen LogP contribution is -1.99. The van der Waals surface area contributed by atoms with Gasteiger partial charge in [0.25, 0.3) is 0 Å². The van der Waals surface area contributed by atoms with Crippen molar-refractivity contribution in [2.75, 3.05) is 0 Å². The summed E-state index contributed by atoms with van der Waals surface area (Å²) in [4.78, 5) is 0. The maximum atomic E-state index is 8.74. The summed E-state index contributed by atoms with van der Waals surface area (Å²) in [6, 6.07) is 19.9. The quantitative estimate of drug-likeness (QED) is 0.347. The highest BCUT2D eigenvalue weighted by atomic mass is 32.3. The number of hydrogen-bond donors (Lipinski definition) is 4. The van der Waals surface area contributed by atoms with Crippen LogP contribution in [0.3, 0.4) is 0 Å². The molecule has 2 heterocycles. The first kappa shape index (κ1) is 23.9. The van der Waals surface area contributed by atoms with E-state index in [1.165, 1.54) is 0 Å². The summed E-state index contributed by atoms with van der Waals surface area (Å²) in [6.45, 7) is 1.13. The highest BCUT2D eigenvalue weighted by Gasteiger charge is 1.97. The zero-order valence-electron chi connectivity index (χ0n) is 16.6. The standard InChI is InChI=1S/2C10H11N3.H2O4S/c2*11-8-9-3-1-4-10(7-9)13-6-2-5-12-13;1-5(2,3)4/h2*1-7H,8,11H2;(H2,1,2,3,4). The van der Waals surface area contributed by atoms with Gasteiger partial charge in [0.15, 0.2) is 0 Å². The van der Waals surface area contributed by atoms with E-state index in [0.717, 1.165) is 22.5 Å². The van der Waals surface area contributed by atoms with Crippen molar-refractivity contribution in [1.29, 1.82) is 0 Å². The summed E-state index contributed by atoms with van der Waals surface area (Å²) >= 11 is 0. The average molecular weight is 445 g/mol. The Balaban J connectivity index is 0.000000182. The Labute approximate surface area is 180 Å². The molecule has 0 amide bonds. The molecule has 4 rings (SSSR count).